The number of amides is 2. The Labute approximate surface area is 165 Å². The highest BCUT2D eigenvalue weighted by atomic mass is 16.5. The van der Waals surface area contributed by atoms with Crippen LogP contribution in [-0.4, -0.2) is 52.8 Å². The van der Waals surface area contributed by atoms with Crippen LogP contribution in [-0.2, 0) is 14.3 Å². The molecule has 0 radical (unpaired) electrons. The van der Waals surface area contributed by atoms with Crippen LogP contribution in [0.5, 0.6) is 0 Å². The van der Waals surface area contributed by atoms with Gasteiger partial charge < -0.3 is 15.0 Å². The first-order chi connectivity index (χ1) is 13.5. The summed E-state index contributed by atoms with van der Waals surface area (Å²) >= 11 is 0. The molecule has 2 heterocycles. The number of carbonyl (C=O) groups is 2. The number of anilines is 1. The predicted octanol–water partition coefficient (Wildman–Crippen LogP) is 2.85. The third-order valence-corrected chi connectivity index (χ3v) is 5.03. The summed E-state index contributed by atoms with van der Waals surface area (Å²) in [6.45, 7) is 4.96. The number of methoxy groups -OCH3 is 1. The lowest BCUT2D eigenvalue weighted by Crippen LogP contribution is -2.50. The molecule has 1 aromatic carbocycles. The fourth-order valence-corrected chi connectivity index (χ4v) is 3.64. The van der Waals surface area contributed by atoms with Gasteiger partial charge in [-0.3, -0.25) is 9.59 Å². The molecule has 3 rings (SSSR count). The summed E-state index contributed by atoms with van der Waals surface area (Å²) in [5, 5.41) is 7.43. The number of piperidine rings is 1. The normalized spacial score (nSPS) is 16.8. The lowest BCUT2D eigenvalue weighted by Gasteiger charge is -2.34. The molecular formula is C21H28N4O3. The minimum Gasteiger partial charge on any atom is -0.384 e. The van der Waals surface area contributed by atoms with Crippen molar-refractivity contribution in [1.82, 2.24) is 14.7 Å². The van der Waals surface area contributed by atoms with Crippen molar-refractivity contribution in [3.63, 3.8) is 0 Å². The molecule has 1 fully saturated rings. The third kappa shape index (κ3) is 4.59. The average Bonchev–Trinajstić information content (AvgIpc) is 3.04. The zero-order chi connectivity index (χ0) is 20.1. The summed E-state index contributed by atoms with van der Waals surface area (Å²) in [6.07, 6.45) is 2.87. The van der Waals surface area contributed by atoms with Gasteiger partial charge in [-0.2, -0.15) is 5.10 Å². The molecule has 7 heteroatoms. The number of nitrogens with zero attached hydrogens (tertiary/aromatic N) is 3. The Morgan fingerprint density at radius 3 is 2.61 bits per heavy atom. The molecule has 2 amide bonds. The highest BCUT2D eigenvalue weighted by Crippen LogP contribution is 2.21. The van der Waals surface area contributed by atoms with Crippen LogP contribution in [0.2, 0.25) is 0 Å². The number of carbonyl (C=O) groups excluding carboxylic acids is 2. The fraction of sp³-hybridized carbons (Fsp3) is 0.476. The van der Waals surface area contributed by atoms with Crippen LogP contribution < -0.4 is 5.32 Å². The first-order valence-corrected chi connectivity index (χ1v) is 9.72. The summed E-state index contributed by atoms with van der Waals surface area (Å²) in [6, 6.07) is 9.18. The molecular weight excluding hydrogens is 356 g/mol. The number of nitrogens with one attached hydrogen (secondary N) is 1. The molecule has 1 saturated heterocycles. The quantitative estimate of drug-likeness (QED) is 0.831. The second kappa shape index (κ2) is 9.01. The number of aromatic nitrogens is 2. The highest BCUT2D eigenvalue weighted by Gasteiger charge is 2.31. The number of aryl methyl sites for hydroxylation is 2. The van der Waals surface area contributed by atoms with Crippen LogP contribution in [0.1, 0.15) is 37.1 Å². The molecule has 0 unspecified atom stereocenters. The van der Waals surface area contributed by atoms with Crippen molar-refractivity contribution in [3.05, 3.63) is 41.7 Å². The predicted molar refractivity (Wildman–Crippen MR) is 108 cm³/mol. The van der Waals surface area contributed by atoms with E-state index in [-0.39, 0.29) is 11.8 Å². The topological polar surface area (TPSA) is 76.5 Å². The second-order valence-electron chi connectivity index (χ2n) is 7.22. The van der Waals surface area contributed by atoms with Crippen molar-refractivity contribution in [2.45, 2.75) is 45.6 Å². The smallest absolute Gasteiger partial charge is 0.247 e. The molecule has 0 aliphatic carbocycles. The van der Waals surface area contributed by atoms with E-state index in [2.05, 4.69) is 10.4 Å². The maximum absolute atomic E-state index is 12.8. The molecule has 7 nitrogen and oxygen atoms in total. The van der Waals surface area contributed by atoms with Gasteiger partial charge >= 0.3 is 0 Å². The molecule has 1 atom stereocenters. The standard InChI is InChI=1S/C21H28N4O3/c1-15-14-16(2)25(23-15)18-9-7-17(8-10-18)22-21(27)19-6-4-5-12-24(19)20(26)11-13-28-3/h7-10,14,19H,4-6,11-13H2,1-3H3,(H,22,27)/t19-/m0/s1. The molecule has 0 bridgehead atoms. The molecule has 1 N–H and O–H groups in total. The summed E-state index contributed by atoms with van der Waals surface area (Å²) in [4.78, 5) is 26.9. The summed E-state index contributed by atoms with van der Waals surface area (Å²) < 4.78 is 6.87. The SMILES string of the molecule is COCCC(=O)N1CCCC[C@H]1C(=O)Nc1ccc(-n2nc(C)cc2C)cc1. The van der Waals surface area contributed by atoms with Crippen LogP contribution in [0.3, 0.4) is 0 Å². The first-order valence-electron chi connectivity index (χ1n) is 9.72. The Balaban J connectivity index is 1.67. The minimum absolute atomic E-state index is 0.0263. The van der Waals surface area contributed by atoms with Crippen LogP contribution in [0.25, 0.3) is 5.69 Å². The van der Waals surface area contributed by atoms with Gasteiger partial charge in [-0.05, 0) is 63.4 Å². The van der Waals surface area contributed by atoms with Crippen molar-refractivity contribution in [3.8, 4) is 5.69 Å². The van der Waals surface area contributed by atoms with Gasteiger partial charge in [0.15, 0.2) is 0 Å². The van der Waals surface area contributed by atoms with E-state index < -0.39 is 6.04 Å². The number of ether oxygens (including phenoxy) is 1. The van der Waals surface area contributed by atoms with Gasteiger partial charge in [0, 0.05) is 25.0 Å². The Hall–Kier alpha value is -2.67. The number of hydrogen-bond acceptors (Lipinski definition) is 4. The van der Waals surface area contributed by atoms with Crippen molar-refractivity contribution >= 4 is 17.5 Å². The zero-order valence-corrected chi connectivity index (χ0v) is 16.8. The van der Waals surface area contributed by atoms with E-state index in [0.717, 1.165) is 29.9 Å². The van der Waals surface area contributed by atoms with Gasteiger partial charge in [0.1, 0.15) is 6.04 Å². The Morgan fingerprint density at radius 1 is 1.21 bits per heavy atom. The summed E-state index contributed by atoms with van der Waals surface area (Å²) in [5.74, 6) is -0.161. The monoisotopic (exact) mass is 384 g/mol. The fourth-order valence-electron chi connectivity index (χ4n) is 3.64. The van der Waals surface area contributed by atoms with Crippen LogP contribution in [0.15, 0.2) is 30.3 Å². The maximum atomic E-state index is 12.8. The molecule has 2 aromatic rings. The van der Waals surface area contributed by atoms with E-state index in [1.807, 2.05) is 48.9 Å². The third-order valence-electron chi connectivity index (χ3n) is 5.03. The van der Waals surface area contributed by atoms with Crippen LogP contribution in [0, 0.1) is 13.8 Å². The van der Waals surface area contributed by atoms with Gasteiger partial charge in [0.05, 0.1) is 24.4 Å². The van der Waals surface area contributed by atoms with E-state index in [4.69, 9.17) is 4.74 Å². The molecule has 0 spiro atoms. The molecule has 1 aromatic heterocycles. The Kier molecular flexibility index (Phi) is 6.46. The van der Waals surface area contributed by atoms with E-state index in [0.29, 0.717) is 31.7 Å². The first kappa shape index (κ1) is 20.1. The number of rotatable bonds is 6. The van der Waals surface area contributed by atoms with Crippen molar-refractivity contribution in [1.29, 1.82) is 0 Å². The zero-order valence-electron chi connectivity index (χ0n) is 16.8. The van der Waals surface area contributed by atoms with Gasteiger partial charge in [-0.1, -0.05) is 0 Å². The highest BCUT2D eigenvalue weighted by molar-refractivity contribution is 5.97. The van der Waals surface area contributed by atoms with E-state index in [1.165, 1.54) is 0 Å². The Bertz CT molecular complexity index is 829. The molecule has 1 aliphatic heterocycles. The lowest BCUT2D eigenvalue weighted by molar-refractivity contribution is -0.141. The second-order valence-corrected chi connectivity index (χ2v) is 7.22. The van der Waals surface area contributed by atoms with Crippen LogP contribution >= 0.6 is 0 Å². The molecule has 28 heavy (non-hydrogen) atoms. The molecule has 0 saturated carbocycles. The lowest BCUT2D eigenvalue weighted by atomic mass is 10.0. The number of benzene rings is 1. The molecule has 150 valence electrons. The molecule has 1 aliphatic rings. The van der Waals surface area contributed by atoms with Crippen molar-refractivity contribution < 1.29 is 14.3 Å². The van der Waals surface area contributed by atoms with Gasteiger partial charge in [-0.25, -0.2) is 4.68 Å². The van der Waals surface area contributed by atoms with Gasteiger partial charge in [0.2, 0.25) is 11.8 Å². The van der Waals surface area contributed by atoms with Gasteiger partial charge in [0.25, 0.3) is 0 Å². The summed E-state index contributed by atoms with van der Waals surface area (Å²) in [7, 11) is 1.57. The maximum Gasteiger partial charge on any atom is 0.247 e. The summed E-state index contributed by atoms with van der Waals surface area (Å²) in [5.41, 5.74) is 3.68. The van der Waals surface area contributed by atoms with E-state index in [9.17, 15) is 9.59 Å². The average molecular weight is 384 g/mol. The van der Waals surface area contributed by atoms with Gasteiger partial charge in [-0.15, -0.1) is 0 Å². The van der Waals surface area contributed by atoms with Crippen molar-refractivity contribution in [2.24, 2.45) is 0 Å². The number of likely N-dealkylation sites (tertiary alicyclic amines) is 1. The van der Waals surface area contributed by atoms with Crippen molar-refractivity contribution in [2.75, 3.05) is 25.6 Å². The van der Waals surface area contributed by atoms with Crippen LogP contribution in [0.4, 0.5) is 5.69 Å². The minimum atomic E-state index is -0.422. The largest absolute Gasteiger partial charge is 0.384 e. The van der Waals surface area contributed by atoms with E-state index >= 15 is 0 Å². The number of hydrogen-bond donors (Lipinski definition) is 1. The van der Waals surface area contributed by atoms with E-state index in [1.54, 1.807) is 12.0 Å². The Morgan fingerprint density at radius 2 is 1.96 bits per heavy atom.